The first-order valence-corrected chi connectivity index (χ1v) is 12.0. The summed E-state index contributed by atoms with van der Waals surface area (Å²) in [4.78, 5) is 17.3. The van der Waals surface area contributed by atoms with Crippen molar-refractivity contribution in [2.45, 2.75) is 58.6 Å². The molecule has 0 N–H and O–H groups in total. The lowest BCUT2D eigenvalue weighted by molar-refractivity contribution is -0.137. The lowest BCUT2D eigenvalue weighted by Gasteiger charge is -2.35. The molecule has 9 heteroatoms. The summed E-state index contributed by atoms with van der Waals surface area (Å²) in [5.41, 5.74) is 2.02. The molecule has 1 aliphatic heterocycles. The van der Waals surface area contributed by atoms with Gasteiger partial charge in [-0.3, -0.25) is 4.79 Å². The van der Waals surface area contributed by atoms with Crippen LogP contribution in [0.2, 0.25) is 0 Å². The smallest absolute Gasteiger partial charge is 0.222 e. The van der Waals surface area contributed by atoms with Gasteiger partial charge < -0.3 is 24.0 Å². The molecule has 1 aromatic carbocycles. The van der Waals surface area contributed by atoms with Gasteiger partial charge in [0.05, 0.1) is 51.0 Å². The Labute approximate surface area is 203 Å². The van der Waals surface area contributed by atoms with E-state index >= 15 is 0 Å². The average Bonchev–Trinajstić information content (AvgIpc) is 3.26. The molecule has 0 fully saturated rings. The van der Waals surface area contributed by atoms with Crippen LogP contribution in [0.25, 0.3) is 0 Å². The van der Waals surface area contributed by atoms with Gasteiger partial charge in [0.2, 0.25) is 5.91 Å². The predicted molar refractivity (Wildman–Crippen MR) is 129 cm³/mol. The Kier molecular flexibility index (Phi) is 9.86. The third-order valence-electron chi connectivity index (χ3n) is 6.21. The number of hydrogen-bond acceptors (Lipinski definition) is 7. The predicted octanol–water partition coefficient (Wildman–Crippen LogP) is 2.60. The molecule has 0 saturated carbocycles. The Morgan fingerprint density at radius 2 is 2.03 bits per heavy atom. The van der Waals surface area contributed by atoms with E-state index < -0.39 is 0 Å². The van der Waals surface area contributed by atoms with E-state index in [-0.39, 0.29) is 24.0 Å². The molecule has 1 aliphatic rings. The fourth-order valence-corrected chi connectivity index (χ4v) is 4.17. The summed E-state index contributed by atoms with van der Waals surface area (Å²) >= 11 is 0. The van der Waals surface area contributed by atoms with Gasteiger partial charge in [0.15, 0.2) is 0 Å². The number of amides is 1. The SMILES string of the molecule is COc1ccc(COCC(C)N2CC(C)C(CN(C)C)OCc3cnnn3CCCC2=O)cc1. The van der Waals surface area contributed by atoms with Crippen LogP contribution in [-0.2, 0) is 34.0 Å². The quantitative estimate of drug-likeness (QED) is 0.583. The maximum atomic E-state index is 13.3. The second-order valence-electron chi connectivity index (χ2n) is 9.40. The molecule has 1 aromatic heterocycles. The molecule has 0 bridgehead atoms. The van der Waals surface area contributed by atoms with E-state index in [0.717, 1.165) is 23.6 Å². The molecule has 0 aliphatic carbocycles. The van der Waals surface area contributed by atoms with E-state index in [4.69, 9.17) is 14.2 Å². The van der Waals surface area contributed by atoms with Crippen molar-refractivity contribution >= 4 is 5.91 Å². The Hall–Kier alpha value is -2.49. The van der Waals surface area contributed by atoms with Crippen molar-refractivity contribution in [2.24, 2.45) is 5.92 Å². The van der Waals surface area contributed by atoms with Gasteiger partial charge in [-0.15, -0.1) is 5.10 Å². The largest absolute Gasteiger partial charge is 0.497 e. The number of methoxy groups -OCH3 is 1. The first kappa shape index (κ1) is 26.1. The number of hydrogen-bond donors (Lipinski definition) is 0. The normalized spacial score (nSPS) is 21.0. The highest BCUT2D eigenvalue weighted by molar-refractivity contribution is 5.76. The van der Waals surface area contributed by atoms with Crippen LogP contribution in [0.5, 0.6) is 5.75 Å². The molecule has 1 amide bonds. The van der Waals surface area contributed by atoms with Crippen molar-refractivity contribution in [3.63, 3.8) is 0 Å². The molecule has 0 saturated heterocycles. The Bertz CT molecular complexity index is 886. The number of carbonyl (C=O) groups excluding carboxylic acids is 1. The number of aryl methyl sites for hydroxylation is 1. The number of aromatic nitrogens is 3. The third-order valence-corrected chi connectivity index (χ3v) is 6.21. The zero-order valence-corrected chi connectivity index (χ0v) is 21.1. The van der Waals surface area contributed by atoms with E-state index in [9.17, 15) is 4.79 Å². The van der Waals surface area contributed by atoms with Crippen LogP contribution in [0.4, 0.5) is 0 Å². The van der Waals surface area contributed by atoms with Gasteiger partial charge in [-0.2, -0.15) is 0 Å². The summed E-state index contributed by atoms with van der Waals surface area (Å²) in [6.07, 6.45) is 2.90. The maximum Gasteiger partial charge on any atom is 0.222 e. The average molecular weight is 474 g/mol. The van der Waals surface area contributed by atoms with E-state index in [0.29, 0.717) is 45.8 Å². The summed E-state index contributed by atoms with van der Waals surface area (Å²) in [6, 6.07) is 7.80. The third kappa shape index (κ3) is 7.51. The molecule has 34 heavy (non-hydrogen) atoms. The van der Waals surface area contributed by atoms with Crippen LogP contribution in [-0.4, -0.2) is 83.7 Å². The topological polar surface area (TPSA) is 81.9 Å². The molecule has 9 nitrogen and oxygen atoms in total. The number of ether oxygens (including phenoxy) is 3. The van der Waals surface area contributed by atoms with E-state index in [1.807, 2.05) is 47.9 Å². The van der Waals surface area contributed by atoms with Crippen molar-refractivity contribution in [3.05, 3.63) is 41.7 Å². The van der Waals surface area contributed by atoms with Gasteiger partial charge in [-0.25, -0.2) is 4.68 Å². The van der Waals surface area contributed by atoms with Crippen LogP contribution in [0.3, 0.4) is 0 Å². The van der Waals surface area contributed by atoms with E-state index in [1.165, 1.54) is 0 Å². The molecular weight excluding hydrogens is 434 g/mol. The van der Waals surface area contributed by atoms with E-state index in [1.54, 1.807) is 13.3 Å². The van der Waals surface area contributed by atoms with Gasteiger partial charge in [0.1, 0.15) is 5.75 Å². The zero-order valence-electron chi connectivity index (χ0n) is 21.1. The number of fused-ring (bicyclic) bond motifs is 1. The van der Waals surface area contributed by atoms with Crippen LogP contribution in [0.15, 0.2) is 30.5 Å². The van der Waals surface area contributed by atoms with Gasteiger partial charge in [0, 0.05) is 32.0 Å². The van der Waals surface area contributed by atoms with Crippen molar-refractivity contribution < 1.29 is 19.0 Å². The lowest BCUT2D eigenvalue weighted by atomic mass is 10.0. The Morgan fingerprint density at radius 1 is 1.26 bits per heavy atom. The monoisotopic (exact) mass is 473 g/mol. The molecule has 2 heterocycles. The fourth-order valence-electron chi connectivity index (χ4n) is 4.17. The van der Waals surface area contributed by atoms with Gasteiger partial charge in [0.25, 0.3) is 0 Å². The molecule has 0 spiro atoms. The lowest BCUT2D eigenvalue weighted by Crippen LogP contribution is -2.47. The molecular formula is C25H39N5O4. The first-order valence-electron chi connectivity index (χ1n) is 12.0. The Balaban J connectivity index is 1.66. The van der Waals surface area contributed by atoms with Gasteiger partial charge in [-0.1, -0.05) is 24.3 Å². The number of carbonyl (C=O) groups is 1. The minimum Gasteiger partial charge on any atom is -0.497 e. The molecule has 2 aromatic rings. The van der Waals surface area contributed by atoms with Gasteiger partial charge in [-0.05, 0) is 45.1 Å². The number of benzene rings is 1. The van der Waals surface area contributed by atoms with Crippen molar-refractivity contribution in [1.29, 1.82) is 0 Å². The molecule has 188 valence electrons. The molecule has 0 radical (unpaired) electrons. The van der Waals surface area contributed by atoms with Crippen LogP contribution in [0, 0.1) is 5.92 Å². The van der Waals surface area contributed by atoms with Gasteiger partial charge >= 0.3 is 0 Å². The molecule has 3 unspecified atom stereocenters. The van der Waals surface area contributed by atoms with Crippen molar-refractivity contribution in [3.8, 4) is 5.75 Å². The second kappa shape index (κ2) is 12.8. The first-order chi connectivity index (χ1) is 16.4. The zero-order chi connectivity index (χ0) is 24.5. The standard InChI is InChI=1S/C25H39N5O4/c1-19-14-29(20(2)16-33-17-21-8-10-23(32-5)11-9-21)25(31)7-6-12-30-22(13-26-27-30)18-34-24(19)15-28(3)4/h8-11,13,19-20,24H,6-7,12,14-18H2,1-5H3. The number of likely N-dealkylation sites (N-methyl/N-ethyl adjacent to an activating group) is 1. The Morgan fingerprint density at radius 3 is 2.74 bits per heavy atom. The van der Waals surface area contributed by atoms with Crippen molar-refractivity contribution in [2.75, 3.05) is 40.9 Å². The fraction of sp³-hybridized carbons (Fsp3) is 0.640. The summed E-state index contributed by atoms with van der Waals surface area (Å²) in [7, 11) is 5.73. The number of rotatable bonds is 8. The minimum atomic E-state index is -0.0434. The second-order valence-corrected chi connectivity index (χ2v) is 9.40. The van der Waals surface area contributed by atoms with E-state index in [2.05, 4.69) is 29.1 Å². The summed E-state index contributed by atoms with van der Waals surface area (Å²) in [5, 5.41) is 8.21. The minimum absolute atomic E-state index is 0.0273. The number of nitrogens with zero attached hydrogens (tertiary/aromatic N) is 5. The summed E-state index contributed by atoms with van der Waals surface area (Å²) in [6.45, 7) is 7.68. The maximum absolute atomic E-state index is 13.3. The highest BCUT2D eigenvalue weighted by Gasteiger charge is 2.28. The van der Waals surface area contributed by atoms with Crippen LogP contribution in [0.1, 0.15) is 37.9 Å². The highest BCUT2D eigenvalue weighted by atomic mass is 16.5. The van der Waals surface area contributed by atoms with Crippen LogP contribution < -0.4 is 4.74 Å². The molecule has 3 rings (SSSR count). The van der Waals surface area contributed by atoms with Crippen LogP contribution >= 0.6 is 0 Å². The highest BCUT2D eigenvalue weighted by Crippen LogP contribution is 2.19. The van der Waals surface area contributed by atoms with Crippen molar-refractivity contribution in [1.82, 2.24) is 24.8 Å². The summed E-state index contributed by atoms with van der Waals surface area (Å²) < 4.78 is 19.4. The summed E-state index contributed by atoms with van der Waals surface area (Å²) in [5.74, 6) is 1.11. The molecule has 3 atom stereocenters.